The number of benzene rings is 2. The molecule has 0 aromatic heterocycles. The Hall–Kier alpha value is -3.09. The minimum Gasteiger partial charge on any atom is -0.497 e. The number of nitrogens with zero attached hydrogens (tertiary/aromatic N) is 2. The van der Waals surface area contributed by atoms with Crippen LogP contribution in [-0.2, 0) is 6.54 Å². The zero-order valence-corrected chi connectivity index (χ0v) is 16.5. The molecule has 6 nitrogen and oxygen atoms in total. The number of hydrogen-bond acceptors (Lipinski definition) is 3. The normalized spacial score (nSPS) is 11.1. The van der Waals surface area contributed by atoms with Crippen molar-refractivity contribution in [2.75, 3.05) is 33.8 Å². The van der Waals surface area contributed by atoms with Crippen molar-refractivity contribution in [3.63, 3.8) is 0 Å². The average Bonchev–Trinajstić information content (AvgIpc) is 2.71. The van der Waals surface area contributed by atoms with Gasteiger partial charge in [0, 0.05) is 32.2 Å². The van der Waals surface area contributed by atoms with Crippen LogP contribution < -0.4 is 15.4 Å². The molecule has 0 fully saturated rings. The van der Waals surface area contributed by atoms with Crippen molar-refractivity contribution in [1.82, 2.24) is 15.5 Å². The highest BCUT2D eigenvalue weighted by molar-refractivity contribution is 5.94. The molecule has 2 rings (SSSR count). The number of carbonyl (C=O) groups is 1. The van der Waals surface area contributed by atoms with Gasteiger partial charge in [-0.25, -0.2) is 4.39 Å². The molecule has 2 aromatic rings. The molecule has 0 unspecified atom stereocenters. The van der Waals surface area contributed by atoms with Crippen LogP contribution in [0.15, 0.2) is 53.5 Å². The smallest absolute Gasteiger partial charge is 0.251 e. The molecule has 0 aliphatic carbocycles. The lowest BCUT2D eigenvalue weighted by atomic mass is 10.2. The van der Waals surface area contributed by atoms with Gasteiger partial charge in [-0.15, -0.1) is 0 Å². The van der Waals surface area contributed by atoms with Gasteiger partial charge >= 0.3 is 0 Å². The van der Waals surface area contributed by atoms with Gasteiger partial charge in [-0.3, -0.25) is 9.79 Å². The van der Waals surface area contributed by atoms with Crippen LogP contribution in [0.4, 0.5) is 4.39 Å². The summed E-state index contributed by atoms with van der Waals surface area (Å²) in [6.07, 6.45) is 0. The highest BCUT2D eigenvalue weighted by Crippen LogP contribution is 2.12. The second-order valence-corrected chi connectivity index (χ2v) is 6.21. The Morgan fingerprint density at radius 3 is 2.61 bits per heavy atom. The number of ether oxygens (including phenoxy) is 1. The molecular weight excluding hydrogens is 359 g/mol. The number of guanidine groups is 1. The third kappa shape index (κ3) is 6.57. The molecule has 0 saturated heterocycles. The lowest BCUT2D eigenvalue weighted by Gasteiger charge is -2.22. The van der Waals surface area contributed by atoms with Crippen LogP contribution in [0.1, 0.15) is 22.8 Å². The number of aliphatic imine (C=N–C) groups is 1. The first kappa shape index (κ1) is 21.2. The van der Waals surface area contributed by atoms with E-state index in [-0.39, 0.29) is 11.7 Å². The van der Waals surface area contributed by atoms with Crippen molar-refractivity contribution in [2.45, 2.75) is 13.5 Å². The number of rotatable bonds is 8. The highest BCUT2D eigenvalue weighted by atomic mass is 19.1. The fourth-order valence-corrected chi connectivity index (χ4v) is 2.61. The van der Waals surface area contributed by atoms with Crippen LogP contribution in [0.3, 0.4) is 0 Å². The minimum absolute atomic E-state index is 0.168. The van der Waals surface area contributed by atoms with E-state index in [2.05, 4.69) is 15.6 Å². The van der Waals surface area contributed by atoms with Crippen LogP contribution in [0.5, 0.6) is 5.75 Å². The maximum Gasteiger partial charge on any atom is 0.251 e. The largest absolute Gasteiger partial charge is 0.497 e. The van der Waals surface area contributed by atoms with Gasteiger partial charge in [0.05, 0.1) is 13.7 Å². The second kappa shape index (κ2) is 10.9. The Kier molecular flexibility index (Phi) is 8.27. The van der Waals surface area contributed by atoms with Crippen LogP contribution in [-0.4, -0.2) is 50.6 Å². The molecule has 0 bridgehead atoms. The van der Waals surface area contributed by atoms with E-state index in [1.807, 2.05) is 18.9 Å². The van der Waals surface area contributed by atoms with Crippen molar-refractivity contribution in [3.8, 4) is 5.75 Å². The summed E-state index contributed by atoms with van der Waals surface area (Å²) in [6.45, 7) is 4.16. The Bertz CT molecular complexity index is 793. The van der Waals surface area contributed by atoms with Crippen molar-refractivity contribution in [3.05, 3.63) is 65.5 Å². The van der Waals surface area contributed by atoms with E-state index in [1.165, 1.54) is 12.1 Å². The van der Waals surface area contributed by atoms with E-state index in [4.69, 9.17) is 4.74 Å². The Balaban J connectivity index is 1.88. The number of nitrogens with one attached hydrogen (secondary N) is 2. The summed E-state index contributed by atoms with van der Waals surface area (Å²) in [5, 5.41) is 6.07. The van der Waals surface area contributed by atoms with E-state index in [1.54, 1.807) is 43.5 Å². The summed E-state index contributed by atoms with van der Waals surface area (Å²) in [4.78, 5) is 18.7. The van der Waals surface area contributed by atoms with Crippen LogP contribution in [0.25, 0.3) is 0 Å². The Morgan fingerprint density at radius 1 is 1.18 bits per heavy atom. The minimum atomic E-state index is -0.251. The third-order valence-corrected chi connectivity index (χ3v) is 4.02. The fourth-order valence-electron chi connectivity index (χ4n) is 2.61. The molecule has 7 heteroatoms. The van der Waals surface area contributed by atoms with Crippen molar-refractivity contribution >= 4 is 11.9 Å². The van der Waals surface area contributed by atoms with Crippen molar-refractivity contribution < 1.29 is 13.9 Å². The van der Waals surface area contributed by atoms with Gasteiger partial charge in [0.2, 0.25) is 0 Å². The molecule has 150 valence electrons. The predicted molar refractivity (Wildman–Crippen MR) is 109 cm³/mol. The third-order valence-electron chi connectivity index (χ3n) is 4.02. The Labute approximate surface area is 165 Å². The first-order chi connectivity index (χ1) is 13.5. The fraction of sp³-hybridized carbons (Fsp3) is 0.333. The van der Waals surface area contributed by atoms with Gasteiger partial charge in [0.25, 0.3) is 5.91 Å². The molecule has 0 saturated carbocycles. The molecule has 0 aliphatic heterocycles. The molecule has 28 heavy (non-hydrogen) atoms. The number of methoxy groups -OCH3 is 1. The molecule has 2 N–H and O–H groups in total. The number of hydrogen-bond donors (Lipinski definition) is 2. The maximum atomic E-state index is 13.0. The van der Waals surface area contributed by atoms with Crippen LogP contribution >= 0.6 is 0 Å². The zero-order chi connectivity index (χ0) is 20.4. The molecule has 0 spiro atoms. The summed E-state index contributed by atoms with van der Waals surface area (Å²) >= 11 is 0. The molecular formula is C21H27FN4O2. The summed E-state index contributed by atoms with van der Waals surface area (Å²) in [5.74, 6) is 0.947. The van der Waals surface area contributed by atoms with E-state index in [0.717, 1.165) is 18.1 Å². The van der Waals surface area contributed by atoms with Crippen LogP contribution in [0.2, 0.25) is 0 Å². The first-order valence-electron chi connectivity index (χ1n) is 9.19. The quantitative estimate of drug-likeness (QED) is 0.416. The SMILES string of the molecule is CCNC(=NCCNC(=O)c1cccc(OC)c1)N(C)Cc1ccc(F)cc1. The number of carbonyl (C=O) groups excluding carboxylic acids is 1. The summed E-state index contributed by atoms with van der Waals surface area (Å²) in [7, 11) is 3.48. The molecule has 1 amide bonds. The molecule has 0 atom stereocenters. The average molecular weight is 386 g/mol. The van der Waals surface area contributed by atoms with E-state index >= 15 is 0 Å². The highest BCUT2D eigenvalue weighted by Gasteiger charge is 2.08. The standard InChI is InChI=1S/C21H27FN4O2/c1-4-23-21(26(2)15-16-8-10-18(22)11-9-16)25-13-12-24-20(27)17-6-5-7-19(14-17)28-3/h5-11,14H,4,12-13,15H2,1-3H3,(H,23,25)(H,24,27). The number of halogens is 1. The van der Waals surface area contributed by atoms with Crippen molar-refractivity contribution in [2.24, 2.45) is 4.99 Å². The number of amides is 1. The summed E-state index contributed by atoms with van der Waals surface area (Å²) in [6, 6.07) is 13.4. The molecule has 2 aromatic carbocycles. The first-order valence-corrected chi connectivity index (χ1v) is 9.19. The lowest BCUT2D eigenvalue weighted by molar-refractivity contribution is 0.0954. The molecule has 0 radical (unpaired) electrons. The Morgan fingerprint density at radius 2 is 1.93 bits per heavy atom. The summed E-state index contributed by atoms with van der Waals surface area (Å²) < 4.78 is 18.2. The van der Waals surface area contributed by atoms with Gasteiger partial charge in [0.1, 0.15) is 11.6 Å². The maximum absolute atomic E-state index is 13.0. The topological polar surface area (TPSA) is 66.0 Å². The summed E-state index contributed by atoms with van der Waals surface area (Å²) in [5.41, 5.74) is 1.53. The zero-order valence-electron chi connectivity index (χ0n) is 16.5. The van der Waals surface area contributed by atoms with E-state index in [9.17, 15) is 9.18 Å². The predicted octanol–water partition coefficient (Wildman–Crippen LogP) is 2.66. The van der Waals surface area contributed by atoms with E-state index in [0.29, 0.717) is 30.9 Å². The van der Waals surface area contributed by atoms with Gasteiger partial charge in [0.15, 0.2) is 5.96 Å². The van der Waals surface area contributed by atoms with Gasteiger partial charge in [-0.05, 0) is 42.8 Å². The van der Waals surface area contributed by atoms with Gasteiger partial charge in [-0.1, -0.05) is 18.2 Å². The van der Waals surface area contributed by atoms with Gasteiger partial charge < -0.3 is 20.3 Å². The molecule has 0 aliphatic rings. The van der Waals surface area contributed by atoms with Crippen molar-refractivity contribution in [1.29, 1.82) is 0 Å². The van der Waals surface area contributed by atoms with Gasteiger partial charge in [-0.2, -0.15) is 0 Å². The monoisotopic (exact) mass is 386 g/mol. The molecule has 0 heterocycles. The lowest BCUT2D eigenvalue weighted by Crippen LogP contribution is -2.39. The van der Waals surface area contributed by atoms with Crippen LogP contribution in [0, 0.1) is 5.82 Å². The second-order valence-electron chi connectivity index (χ2n) is 6.21. The van der Waals surface area contributed by atoms with E-state index < -0.39 is 0 Å².